The van der Waals surface area contributed by atoms with E-state index in [-0.39, 0.29) is 43.7 Å². The summed E-state index contributed by atoms with van der Waals surface area (Å²) >= 11 is 1.09. The first-order valence-corrected chi connectivity index (χ1v) is 12.7. The summed E-state index contributed by atoms with van der Waals surface area (Å²) in [6.07, 6.45) is 1.43. The lowest BCUT2D eigenvalue weighted by atomic mass is 10.1. The number of aromatic nitrogens is 1. The maximum Gasteiger partial charge on any atom is 0.257 e. The van der Waals surface area contributed by atoms with Crippen LogP contribution in [0.4, 0.5) is 14.5 Å². The van der Waals surface area contributed by atoms with Crippen molar-refractivity contribution in [2.75, 3.05) is 5.32 Å². The van der Waals surface area contributed by atoms with Crippen molar-refractivity contribution in [3.05, 3.63) is 88.4 Å². The molecule has 0 spiro atoms. The average molecular weight is 528 g/mol. The third kappa shape index (κ3) is 4.10. The van der Waals surface area contributed by atoms with Gasteiger partial charge in [0.05, 0.1) is 27.6 Å². The smallest absolute Gasteiger partial charge is 0.257 e. The van der Waals surface area contributed by atoms with E-state index in [4.69, 9.17) is 0 Å². The van der Waals surface area contributed by atoms with Crippen molar-refractivity contribution in [1.29, 1.82) is 0 Å². The fraction of sp³-hybridized carbons (Fsp3) is 0.0417. The summed E-state index contributed by atoms with van der Waals surface area (Å²) in [4.78, 5) is 29.8. The molecule has 0 bridgehead atoms. The Morgan fingerprint density at radius 1 is 1.06 bits per heavy atom. The van der Waals surface area contributed by atoms with Gasteiger partial charge in [-0.05, 0) is 42.5 Å². The van der Waals surface area contributed by atoms with Crippen molar-refractivity contribution in [1.82, 2.24) is 10.3 Å². The molecule has 0 aliphatic carbocycles. The number of amides is 2. The van der Waals surface area contributed by atoms with E-state index in [9.17, 15) is 31.9 Å². The summed E-state index contributed by atoms with van der Waals surface area (Å²) in [6.45, 7) is 0.0345. The van der Waals surface area contributed by atoms with Gasteiger partial charge in [0.15, 0.2) is 17.4 Å². The number of anilines is 1. The highest BCUT2D eigenvalue weighted by Gasteiger charge is 2.31. The molecule has 36 heavy (non-hydrogen) atoms. The number of carbonyl (C=O) groups excluding carboxylic acids is 2. The van der Waals surface area contributed by atoms with Gasteiger partial charge in [0.1, 0.15) is 5.01 Å². The topological polar surface area (TPSA) is 125 Å². The molecule has 8 nitrogen and oxygen atoms in total. The molecule has 0 fully saturated rings. The van der Waals surface area contributed by atoms with E-state index < -0.39 is 39.0 Å². The van der Waals surface area contributed by atoms with E-state index in [0.717, 1.165) is 23.5 Å². The van der Waals surface area contributed by atoms with Crippen LogP contribution in [0.5, 0.6) is 5.75 Å². The number of nitrogens with zero attached hydrogens (tertiary/aromatic N) is 1. The van der Waals surface area contributed by atoms with Gasteiger partial charge in [0.25, 0.3) is 11.8 Å². The summed E-state index contributed by atoms with van der Waals surface area (Å²) in [5.74, 6) is -4.45. The molecule has 0 radical (unpaired) electrons. The molecular weight excluding hydrogens is 512 g/mol. The number of phenols is 1. The van der Waals surface area contributed by atoms with E-state index in [0.29, 0.717) is 4.88 Å². The van der Waals surface area contributed by atoms with Crippen molar-refractivity contribution in [3.63, 3.8) is 0 Å². The Bertz CT molecular complexity index is 1640. The largest absolute Gasteiger partial charge is 0.503 e. The molecule has 12 heteroatoms. The molecule has 0 atom stereocenters. The maximum atomic E-state index is 13.6. The number of phenolic OH excluding ortho intramolecular Hbond substituents is 1. The van der Waals surface area contributed by atoms with Gasteiger partial charge in [-0.2, -0.15) is 0 Å². The van der Waals surface area contributed by atoms with Crippen molar-refractivity contribution in [3.8, 4) is 16.3 Å². The van der Waals surface area contributed by atoms with Crippen LogP contribution in [0.3, 0.4) is 0 Å². The van der Waals surface area contributed by atoms with Crippen molar-refractivity contribution >= 4 is 38.7 Å². The van der Waals surface area contributed by atoms with Crippen LogP contribution in [0.25, 0.3) is 10.6 Å². The van der Waals surface area contributed by atoms with Gasteiger partial charge in [-0.1, -0.05) is 12.1 Å². The van der Waals surface area contributed by atoms with Crippen LogP contribution < -0.4 is 10.6 Å². The minimum atomic E-state index is -3.99. The second-order valence-corrected chi connectivity index (χ2v) is 10.8. The normalized spacial score (nSPS) is 13.8. The van der Waals surface area contributed by atoms with Gasteiger partial charge < -0.3 is 15.7 Å². The molecule has 2 amide bonds. The van der Waals surface area contributed by atoms with E-state index in [1.807, 2.05) is 0 Å². The molecule has 182 valence electrons. The Balaban J connectivity index is 1.35. The van der Waals surface area contributed by atoms with Gasteiger partial charge in [-0.3, -0.25) is 9.59 Å². The number of thiazole rings is 1. The summed E-state index contributed by atoms with van der Waals surface area (Å²) in [7, 11) is -3.99. The highest BCUT2D eigenvalue weighted by atomic mass is 32.2. The average Bonchev–Trinajstić information content (AvgIpc) is 3.31. The first kappa shape index (κ1) is 23.6. The van der Waals surface area contributed by atoms with E-state index in [1.54, 1.807) is 6.07 Å². The third-order valence-corrected chi connectivity index (χ3v) is 8.36. The van der Waals surface area contributed by atoms with Crippen LogP contribution >= 0.6 is 11.3 Å². The first-order chi connectivity index (χ1) is 17.1. The predicted molar refractivity (Wildman–Crippen MR) is 127 cm³/mol. The molecule has 0 saturated heterocycles. The second kappa shape index (κ2) is 8.81. The Labute approximate surface area is 207 Å². The first-order valence-electron chi connectivity index (χ1n) is 10.4. The van der Waals surface area contributed by atoms with Gasteiger partial charge in [-0.25, -0.2) is 22.2 Å². The number of sulfone groups is 1. The molecule has 0 saturated carbocycles. The molecule has 1 aliphatic rings. The number of nitrogens with one attached hydrogen (secondary N) is 2. The number of rotatable bonds is 4. The fourth-order valence-corrected chi connectivity index (χ4v) is 6.11. The van der Waals surface area contributed by atoms with Crippen molar-refractivity contribution in [2.45, 2.75) is 16.3 Å². The highest BCUT2D eigenvalue weighted by Crippen LogP contribution is 2.34. The second-order valence-electron chi connectivity index (χ2n) is 7.77. The van der Waals surface area contributed by atoms with Crippen LogP contribution in [-0.4, -0.2) is 30.3 Å². The van der Waals surface area contributed by atoms with Gasteiger partial charge in [-0.15, -0.1) is 11.3 Å². The standard InChI is InChI=1S/C24H15F2N3O5S2/c25-16-7-13(8-17(26)21(16)30)24-28-11-14(35-24)10-27-22(31)12-5-6-20-18(9-12)29-23(32)15-3-1-2-4-19(15)36(20,33)34/h1-9,11,30H,10H2,(H,27,31)(H,29,32). The predicted octanol–water partition coefficient (Wildman–Crippen LogP) is 4.12. The minimum absolute atomic E-state index is 0.00842. The monoisotopic (exact) mass is 527 g/mol. The summed E-state index contributed by atoms with van der Waals surface area (Å²) in [5, 5.41) is 14.7. The maximum absolute atomic E-state index is 13.6. The molecule has 4 aromatic rings. The number of aromatic hydroxyl groups is 1. The van der Waals surface area contributed by atoms with Crippen molar-refractivity contribution < 1.29 is 31.9 Å². The van der Waals surface area contributed by atoms with E-state index in [2.05, 4.69) is 15.6 Å². The highest BCUT2D eigenvalue weighted by molar-refractivity contribution is 7.91. The number of fused-ring (bicyclic) bond motifs is 2. The number of benzene rings is 3. The van der Waals surface area contributed by atoms with Gasteiger partial charge in [0.2, 0.25) is 9.84 Å². The van der Waals surface area contributed by atoms with Crippen LogP contribution in [0.2, 0.25) is 0 Å². The van der Waals surface area contributed by atoms with Gasteiger partial charge in [0, 0.05) is 22.2 Å². The Morgan fingerprint density at radius 3 is 2.53 bits per heavy atom. The molecule has 3 N–H and O–H groups in total. The molecule has 5 rings (SSSR count). The zero-order chi connectivity index (χ0) is 25.6. The number of halogens is 2. The summed E-state index contributed by atoms with van der Waals surface area (Å²) < 4.78 is 53.4. The van der Waals surface area contributed by atoms with Crippen LogP contribution in [-0.2, 0) is 16.4 Å². The molecule has 2 heterocycles. The molecule has 3 aromatic carbocycles. The zero-order valence-electron chi connectivity index (χ0n) is 18.1. The lowest BCUT2D eigenvalue weighted by Gasteiger charge is -2.10. The summed E-state index contributed by atoms with van der Waals surface area (Å²) in [5.41, 5.74) is 0.242. The molecular formula is C24H15F2N3O5S2. The third-order valence-electron chi connectivity index (χ3n) is 5.44. The van der Waals surface area contributed by atoms with E-state index in [1.165, 1.54) is 42.6 Å². The van der Waals surface area contributed by atoms with Gasteiger partial charge >= 0.3 is 0 Å². The SMILES string of the molecule is O=C(NCc1cnc(-c2cc(F)c(O)c(F)c2)s1)c1ccc2c(c1)NC(=O)c1ccccc1S2(=O)=O. The number of hydrogen-bond acceptors (Lipinski definition) is 7. The Kier molecular flexibility index (Phi) is 5.77. The quantitative estimate of drug-likeness (QED) is 0.367. The number of hydrogen-bond donors (Lipinski definition) is 3. The fourth-order valence-electron chi connectivity index (χ4n) is 3.68. The molecule has 0 unspecified atom stereocenters. The zero-order valence-corrected chi connectivity index (χ0v) is 19.7. The van der Waals surface area contributed by atoms with E-state index >= 15 is 0 Å². The van der Waals surface area contributed by atoms with Crippen LogP contribution in [0, 0.1) is 11.6 Å². The number of carbonyl (C=O) groups is 2. The molecule has 1 aromatic heterocycles. The van der Waals surface area contributed by atoms with Crippen LogP contribution in [0.1, 0.15) is 25.6 Å². The summed E-state index contributed by atoms with van der Waals surface area (Å²) in [6, 6.07) is 11.6. The van der Waals surface area contributed by atoms with Crippen LogP contribution in [0.15, 0.2) is 70.6 Å². The lowest BCUT2D eigenvalue weighted by molar-refractivity contribution is 0.0949. The van der Waals surface area contributed by atoms with Crippen molar-refractivity contribution in [2.24, 2.45) is 0 Å². The Morgan fingerprint density at radius 2 is 1.78 bits per heavy atom. The minimum Gasteiger partial charge on any atom is -0.503 e. The molecule has 1 aliphatic heterocycles. The lowest BCUT2D eigenvalue weighted by Crippen LogP contribution is -2.22. The Hall–Kier alpha value is -4.16.